The van der Waals surface area contributed by atoms with E-state index in [2.05, 4.69) is 20.6 Å². The molecule has 0 fully saturated rings. The molecule has 0 radical (unpaired) electrons. The predicted octanol–water partition coefficient (Wildman–Crippen LogP) is 1.80. The van der Waals surface area contributed by atoms with E-state index >= 15 is 0 Å². The molecule has 26 heavy (non-hydrogen) atoms. The number of aromatic amines is 1. The summed E-state index contributed by atoms with van der Waals surface area (Å²) in [6, 6.07) is 2.96. The van der Waals surface area contributed by atoms with Crippen LogP contribution in [0, 0.1) is 0 Å². The van der Waals surface area contributed by atoms with E-state index in [-0.39, 0.29) is 33.5 Å². The van der Waals surface area contributed by atoms with Crippen LogP contribution in [0.3, 0.4) is 0 Å². The van der Waals surface area contributed by atoms with E-state index < -0.39 is 11.3 Å². The number of tetrazole rings is 1. The molecule has 0 spiro atoms. The van der Waals surface area contributed by atoms with Gasteiger partial charge in [0, 0.05) is 18.3 Å². The van der Waals surface area contributed by atoms with Gasteiger partial charge in [0.15, 0.2) is 5.75 Å². The number of nitrogens with zero attached hydrogens (tertiary/aromatic N) is 5. The van der Waals surface area contributed by atoms with Crippen LogP contribution in [0.15, 0.2) is 29.5 Å². The second-order valence-corrected chi connectivity index (χ2v) is 6.01. The van der Waals surface area contributed by atoms with Crippen molar-refractivity contribution in [1.82, 2.24) is 30.0 Å². The van der Waals surface area contributed by atoms with Gasteiger partial charge in [-0.05, 0) is 29.5 Å². The van der Waals surface area contributed by atoms with Crippen molar-refractivity contribution in [2.75, 3.05) is 6.61 Å². The van der Waals surface area contributed by atoms with Gasteiger partial charge in [0.25, 0.3) is 5.56 Å². The number of aromatic nitrogens is 6. The van der Waals surface area contributed by atoms with E-state index in [0.29, 0.717) is 13.1 Å². The molecule has 1 aromatic carbocycles. The Morgan fingerprint density at radius 2 is 2.12 bits per heavy atom. The summed E-state index contributed by atoms with van der Waals surface area (Å²) in [6.45, 7) is 2.77. The minimum atomic E-state index is -0.509. The number of aryl methyl sites for hydroxylation is 1. The molecule has 2 aromatic heterocycles. The number of ether oxygens (including phenoxy) is 1. The van der Waals surface area contributed by atoms with E-state index in [1.54, 1.807) is 6.92 Å². The van der Waals surface area contributed by atoms with Crippen LogP contribution in [0.4, 0.5) is 0 Å². The molecule has 1 N–H and O–H groups in total. The number of rotatable bonds is 7. The standard InChI is InChI=1S/C15H14Cl2N6O3/c1-2-23-15(25)10(7-19-23)13(24)9-3-4-11(16)14(12(9)17)26-6-5-22-8-18-20-21-22/h3-4,7-8,19H,2,5-6H2,1H3. The first-order chi connectivity index (χ1) is 12.5. The lowest BCUT2D eigenvalue weighted by Gasteiger charge is -2.12. The average Bonchev–Trinajstić information content (AvgIpc) is 3.26. The molecule has 9 nitrogen and oxygen atoms in total. The first kappa shape index (κ1) is 18.2. The minimum absolute atomic E-state index is 0.00397. The lowest BCUT2D eigenvalue weighted by Crippen LogP contribution is -2.21. The third-order valence-corrected chi connectivity index (χ3v) is 4.33. The number of nitrogens with one attached hydrogen (secondary N) is 1. The van der Waals surface area contributed by atoms with Crippen LogP contribution in [0.5, 0.6) is 5.75 Å². The highest BCUT2D eigenvalue weighted by molar-refractivity contribution is 6.39. The van der Waals surface area contributed by atoms with Crippen molar-refractivity contribution >= 4 is 29.0 Å². The maximum Gasteiger partial charge on any atom is 0.277 e. The molecule has 0 unspecified atom stereocenters. The third-order valence-electron chi connectivity index (χ3n) is 3.65. The van der Waals surface area contributed by atoms with Gasteiger partial charge in [0.1, 0.15) is 18.5 Å². The molecule has 11 heteroatoms. The Morgan fingerprint density at radius 3 is 2.77 bits per heavy atom. The SMILES string of the molecule is CCn1[nH]cc(C(=O)c2ccc(Cl)c(OCCn3cnnn3)c2Cl)c1=O. The van der Waals surface area contributed by atoms with Crippen LogP contribution in [0.2, 0.25) is 10.0 Å². The Morgan fingerprint density at radius 1 is 1.31 bits per heavy atom. The Labute approximate surface area is 157 Å². The molecule has 2 heterocycles. The molecule has 0 aliphatic carbocycles. The van der Waals surface area contributed by atoms with E-state index in [0.717, 1.165) is 0 Å². The number of hydrogen-bond donors (Lipinski definition) is 1. The first-order valence-corrected chi connectivity index (χ1v) is 8.43. The Kier molecular flexibility index (Phi) is 5.38. The normalized spacial score (nSPS) is 10.9. The van der Waals surface area contributed by atoms with Crippen molar-refractivity contribution < 1.29 is 9.53 Å². The summed E-state index contributed by atoms with van der Waals surface area (Å²) in [6.07, 6.45) is 2.80. The summed E-state index contributed by atoms with van der Waals surface area (Å²) in [7, 11) is 0. The summed E-state index contributed by atoms with van der Waals surface area (Å²) >= 11 is 12.4. The van der Waals surface area contributed by atoms with Gasteiger partial charge in [-0.3, -0.25) is 14.3 Å². The second-order valence-electron chi connectivity index (χ2n) is 5.23. The second kappa shape index (κ2) is 7.71. The number of ketones is 1. The summed E-state index contributed by atoms with van der Waals surface area (Å²) in [5.41, 5.74) is -0.284. The fourth-order valence-corrected chi connectivity index (χ4v) is 2.88. The van der Waals surface area contributed by atoms with E-state index in [1.807, 2.05) is 0 Å². The number of benzene rings is 1. The minimum Gasteiger partial charge on any atom is -0.488 e. The number of H-pyrrole nitrogens is 1. The van der Waals surface area contributed by atoms with Gasteiger partial charge < -0.3 is 9.84 Å². The number of carbonyl (C=O) groups is 1. The third kappa shape index (κ3) is 3.49. The van der Waals surface area contributed by atoms with Crippen LogP contribution < -0.4 is 10.3 Å². The number of halogens is 2. The molecule has 0 saturated carbocycles. The fraction of sp³-hybridized carbons (Fsp3) is 0.267. The summed E-state index contributed by atoms with van der Waals surface area (Å²) in [5, 5.41) is 13.8. The molecule has 0 aliphatic rings. The monoisotopic (exact) mass is 396 g/mol. The van der Waals surface area contributed by atoms with Gasteiger partial charge in [-0.15, -0.1) is 5.10 Å². The number of carbonyl (C=O) groups excluding carboxylic acids is 1. The van der Waals surface area contributed by atoms with Crippen LogP contribution >= 0.6 is 23.2 Å². The van der Waals surface area contributed by atoms with E-state index in [1.165, 1.54) is 34.0 Å². The first-order valence-electron chi connectivity index (χ1n) is 7.67. The van der Waals surface area contributed by atoms with Crippen molar-refractivity contribution in [2.45, 2.75) is 20.0 Å². The van der Waals surface area contributed by atoms with Crippen LogP contribution in [-0.2, 0) is 13.1 Å². The summed E-state index contributed by atoms with van der Waals surface area (Å²) < 4.78 is 8.40. The summed E-state index contributed by atoms with van der Waals surface area (Å²) in [4.78, 5) is 24.9. The van der Waals surface area contributed by atoms with Gasteiger partial charge in [-0.1, -0.05) is 23.2 Å². The topological polar surface area (TPSA) is 108 Å². The molecule has 136 valence electrons. The Bertz CT molecular complexity index is 980. The molecule has 0 atom stereocenters. The van der Waals surface area contributed by atoms with E-state index in [9.17, 15) is 9.59 Å². The lowest BCUT2D eigenvalue weighted by atomic mass is 10.1. The van der Waals surface area contributed by atoms with Crippen LogP contribution in [-0.4, -0.2) is 42.4 Å². The zero-order chi connectivity index (χ0) is 18.7. The predicted molar refractivity (Wildman–Crippen MR) is 93.9 cm³/mol. The smallest absolute Gasteiger partial charge is 0.277 e. The molecule has 3 rings (SSSR count). The number of hydrogen-bond acceptors (Lipinski definition) is 6. The van der Waals surface area contributed by atoms with Crippen LogP contribution in [0.25, 0.3) is 0 Å². The molecule has 3 aromatic rings. The Hall–Kier alpha value is -2.65. The quantitative estimate of drug-likeness (QED) is 0.610. The highest BCUT2D eigenvalue weighted by atomic mass is 35.5. The van der Waals surface area contributed by atoms with Crippen molar-refractivity contribution in [3.8, 4) is 5.75 Å². The fourth-order valence-electron chi connectivity index (χ4n) is 2.32. The van der Waals surface area contributed by atoms with Crippen molar-refractivity contribution in [2.24, 2.45) is 0 Å². The molecular formula is C15H14Cl2N6O3. The molecule has 0 bridgehead atoms. The van der Waals surface area contributed by atoms with Crippen molar-refractivity contribution in [3.63, 3.8) is 0 Å². The largest absolute Gasteiger partial charge is 0.488 e. The molecule has 0 amide bonds. The highest BCUT2D eigenvalue weighted by Gasteiger charge is 2.22. The lowest BCUT2D eigenvalue weighted by molar-refractivity contribution is 0.103. The van der Waals surface area contributed by atoms with Gasteiger partial charge in [0.05, 0.1) is 16.6 Å². The van der Waals surface area contributed by atoms with Gasteiger partial charge in [-0.2, -0.15) is 0 Å². The average molecular weight is 397 g/mol. The molecule has 0 aliphatic heterocycles. The van der Waals surface area contributed by atoms with E-state index in [4.69, 9.17) is 27.9 Å². The molecular weight excluding hydrogens is 383 g/mol. The summed E-state index contributed by atoms with van der Waals surface area (Å²) in [5.74, 6) is -0.343. The van der Waals surface area contributed by atoms with Crippen molar-refractivity contribution in [3.05, 3.63) is 56.2 Å². The maximum absolute atomic E-state index is 12.7. The highest BCUT2D eigenvalue weighted by Crippen LogP contribution is 2.36. The maximum atomic E-state index is 12.7. The van der Waals surface area contributed by atoms with Gasteiger partial charge >= 0.3 is 0 Å². The van der Waals surface area contributed by atoms with Crippen molar-refractivity contribution in [1.29, 1.82) is 0 Å². The van der Waals surface area contributed by atoms with Gasteiger partial charge in [-0.25, -0.2) is 4.68 Å². The molecule has 0 saturated heterocycles. The zero-order valence-corrected chi connectivity index (χ0v) is 15.2. The van der Waals surface area contributed by atoms with Crippen LogP contribution in [0.1, 0.15) is 22.8 Å². The zero-order valence-electron chi connectivity index (χ0n) is 13.6. The van der Waals surface area contributed by atoms with Gasteiger partial charge in [0.2, 0.25) is 5.78 Å². The Balaban J connectivity index is 1.85.